The van der Waals surface area contributed by atoms with Crippen LogP contribution in [0.25, 0.3) is 0 Å². The normalized spacial score (nSPS) is 10.5. The van der Waals surface area contributed by atoms with Crippen molar-refractivity contribution >= 4 is 37.8 Å². The van der Waals surface area contributed by atoms with E-state index in [1.54, 1.807) is 25.2 Å². The Kier molecular flexibility index (Phi) is 7.60. The molecule has 0 N–H and O–H groups in total. The summed E-state index contributed by atoms with van der Waals surface area (Å²) in [6.45, 7) is 2.09. The number of ether oxygens (including phenoxy) is 2. The highest BCUT2D eigenvalue weighted by molar-refractivity contribution is 9.11. The van der Waals surface area contributed by atoms with Crippen molar-refractivity contribution in [1.29, 1.82) is 0 Å². The number of benzene rings is 1. The summed E-state index contributed by atoms with van der Waals surface area (Å²) >= 11 is 6.78. The number of halogens is 2. The van der Waals surface area contributed by atoms with E-state index in [0.29, 0.717) is 31.9 Å². The summed E-state index contributed by atoms with van der Waals surface area (Å²) in [5.74, 6) is -0.0338. The Bertz CT molecular complexity index is 418. The maximum absolute atomic E-state index is 12.5. The molecule has 0 aliphatic carbocycles. The van der Waals surface area contributed by atoms with E-state index in [1.807, 2.05) is 12.1 Å². The summed E-state index contributed by atoms with van der Waals surface area (Å²) in [4.78, 5) is 14.2. The quantitative estimate of drug-likeness (QED) is 0.713. The molecule has 1 aromatic carbocycles. The zero-order chi connectivity index (χ0) is 14.3. The molecule has 0 saturated carbocycles. The number of amides is 1. The fourth-order valence-electron chi connectivity index (χ4n) is 1.55. The molecule has 1 amide bonds. The van der Waals surface area contributed by atoms with E-state index in [0.717, 1.165) is 8.95 Å². The third kappa shape index (κ3) is 5.22. The van der Waals surface area contributed by atoms with Crippen molar-refractivity contribution in [3.8, 4) is 0 Å². The second kappa shape index (κ2) is 8.68. The lowest BCUT2D eigenvalue weighted by Crippen LogP contribution is -2.36. The van der Waals surface area contributed by atoms with E-state index < -0.39 is 0 Å². The standard InChI is InChI=1S/C13H17Br2NO3/c1-18-7-5-16(6-8-19-2)13(17)11-4-3-10(14)9-12(11)15/h3-4,9H,5-8H2,1-2H3. The average molecular weight is 395 g/mol. The van der Waals surface area contributed by atoms with Crippen LogP contribution in [0.2, 0.25) is 0 Å². The zero-order valence-electron chi connectivity index (χ0n) is 11.0. The van der Waals surface area contributed by atoms with E-state index in [9.17, 15) is 4.79 Å². The molecule has 0 fully saturated rings. The molecule has 0 atom stereocenters. The van der Waals surface area contributed by atoms with E-state index >= 15 is 0 Å². The molecule has 0 saturated heterocycles. The molecule has 1 aromatic rings. The van der Waals surface area contributed by atoms with Crippen LogP contribution in [0.3, 0.4) is 0 Å². The van der Waals surface area contributed by atoms with Crippen LogP contribution < -0.4 is 0 Å². The van der Waals surface area contributed by atoms with Gasteiger partial charge in [0, 0.05) is 36.3 Å². The third-order valence-corrected chi connectivity index (χ3v) is 3.73. The summed E-state index contributed by atoms with van der Waals surface area (Å²) in [6, 6.07) is 5.50. The highest BCUT2D eigenvalue weighted by Crippen LogP contribution is 2.23. The SMILES string of the molecule is COCCN(CCOC)C(=O)c1ccc(Br)cc1Br. The van der Waals surface area contributed by atoms with Crippen LogP contribution in [0.1, 0.15) is 10.4 Å². The van der Waals surface area contributed by atoms with Crippen LogP contribution in [0.15, 0.2) is 27.1 Å². The van der Waals surface area contributed by atoms with E-state index in [4.69, 9.17) is 9.47 Å². The lowest BCUT2D eigenvalue weighted by atomic mass is 10.2. The fraction of sp³-hybridized carbons (Fsp3) is 0.462. The van der Waals surface area contributed by atoms with Gasteiger partial charge in [0.15, 0.2) is 0 Å². The van der Waals surface area contributed by atoms with Gasteiger partial charge in [-0.1, -0.05) is 15.9 Å². The predicted molar refractivity (Wildman–Crippen MR) is 81.5 cm³/mol. The summed E-state index contributed by atoms with van der Waals surface area (Å²) in [6.07, 6.45) is 0. The smallest absolute Gasteiger partial charge is 0.255 e. The minimum atomic E-state index is -0.0338. The number of nitrogens with zero attached hydrogens (tertiary/aromatic N) is 1. The largest absolute Gasteiger partial charge is 0.383 e. The maximum atomic E-state index is 12.5. The lowest BCUT2D eigenvalue weighted by molar-refractivity contribution is 0.0626. The number of methoxy groups -OCH3 is 2. The van der Waals surface area contributed by atoms with Crippen LogP contribution >= 0.6 is 31.9 Å². The summed E-state index contributed by atoms with van der Waals surface area (Å²) < 4.78 is 11.8. The first-order valence-corrected chi connectivity index (χ1v) is 7.41. The summed E-state index contributed by atoms with van der Waals surface area (Å²) in [7, 11) is 3.24. The molecule has 0 aliphatic rings. The highest BCUT2D eigenvalue weighted by atomic mass is 79.9. The molecule has 0 bridgehead atoms. The van der Waals surface area contributed by atoms with Gasteiger partial charge >= 0.3 is 0 Å². The van der Waals surface area contributed by atoms with Crippen LogP contribution in [-0.2, 0) is 9.47 Å². The molecule has 106 valence electrons. The fourth-order valence-corrected chi connectivity index (χ4v) is 2.77. The number of carbonyl (C=O) groups excluding carboxylic acids is 1. The number of carbonyl (C=O) groups is 1. The van der Waals surface area contributed by atoms with Gasteiger partial charge in [-0.2, -0.15) is 0 Å². The number of hydrogen-bond acceptors (Lipinski definition) is 3. The highest BCUT2D eigenvalue weighted by Gasteiger charge is 2.17. The first-order valence-electron chi connectivity index (χ1n) is 5.82. The van der Waals surface area contributed by atoms with Crippen molar-refractivity contribution in [1.82, 2.24) is 4.90 Å². The Morgan fingerprint density at radius 3 is 2.21 bits per heavy atom. The molecule has 0 radical (unpaired) electrons. The van der Waals surface area contributed by atoms with Crippen molar-refractivity contribution < 1.29 is 14.3 Å². The van der Waals surface area contributed by atoms with E-state index in [2.05, 4.69) is 31.9 Å². The van der Waals surface area contributed by atoms with Crippen molar-refractivity contribution in [2.75, 3.05) is 40.5 Å². The molecule has 1 rings (SSSR count). The third-order valence-electron chi connectivity index (χ3n) is 2.58. The van der Waals surface area contributed by atoms with E-state index in [-0.39, 0.29) is 5.91 Å². The predicted octanol–water partition coefficient (Wildman–Crippen LogP) is 2.95. The molecular weight excluding hydrogens is 378 g/mol. The second-order valence-electron chi connectivity index (χ2n) is 3.90. The van der Waals surface area contributed by atoms with Crippen molar-refractivity contribution in [3.05, 3.63) is 32.7 Å². The van der Waals surface area contributed by atoms with Gasteiger partial charge in [-0.25, -0.2) is 0 Å². The van der Waals surface area contributed by atoms with Gasteiger partial charge in [0.05, 0.1) is 18.8 Å². The first-order chi connectivity index (χ1) is 9.10. The molecular formula is C13H17Br2NO3. The van der Waals surface area contributed by atoms with Crippen LogP contribution in [-0.4, -0.2) is 51.3 Å². The lowest BCUT2D eigenvalue weighted by Gasteiger charge is -2.22. The Labute approximate surface area is 130 Å². The minimum absolute atomic E-state index is 0.0338. The summed E-state index contributed by atoms with van der Waals surface area (Å²) in [5.41, 5.74) is 0.635. The van der Waals surface area contributed by atoms with Gasteiger partial charge < -0.3 is 14.4 Å². The van der Waals surface area contributed by atoms with Crippen molar-refractivity contribution in [2.24, 2.45) is 0 Å². The molecule has 0 aliphatic heterocycles. The molecule has 19 heavy (non-hydrogen) atoms. The second-order valence-corrected chi connectivity index (χ2v) is 5.67. The zero-order valence-corrected chi connectivity index (χ0v) is 14.2. The van der Waals surface area contributed by atoms with E-state index in [1.165, 1.54) is 0 Å². The summed E-state index contributed by atoms with van der Waals surface area (Å²) in [5, 5.41) is 0. The Balaban J connectivity index is 2.84. The average Bonchev–Trinajstić information content (AvgIpc) is 2.38. The number of hydrogen-bond donors (Lipinski definition) is 0. The first kappa shape index (κ1) is 16.6. The van der Waals surface area contributed by atoms with Crippen LogP contribution in [0.5, 0.6) is 0 Å². The van der Waals surface area contributed by atoms with Gasteiger partial charge in [0.25, 0.3) is 5.91 Å². The topological polar surface area (TPSA) is 38.8 Å². The molecule has 0 heterocycles. The molecule has 4 nitrogen and oxygen atoms in total. The monoisotopic (exact) mass is 393 g/mol. The Morgan fingerprint density at radius 2 is 1.74 bits per heavy atom. The molecule has 0 unspecified atom stereocenters. The van der Waals surface area contributed by atoms with Crippen molar-refractivity contribution in [3.63, 3.8) is 0 Å². The minimum Gasteiger partial charge on any atom is -0.383 e. The van der Waals surface area contributed by atoms with Crippen molar-refractivity contribution in [2.45, 2.75) is 0 Å². The maximum Gasteiger partial charge on any atom is 0.255 e. The molecule has 6 heteroatoms. The number of rotatable bonds is 7. The van der Waals surface area contributed by atoms with Gasteiger partial charge in [-0.05, 0) is 34.1 Å². The van der Waals surface area contributed by atoms with Gasteiger partial charge in [0.1, 0.15) is 0 Å². The van der Waals surface area contributed by atoms with Gasteiger partial charge in [0.2, 0.25) is 0 Å². The molecule has 0 aromatic heterocycles. The van der Waals surface area contributed by atoms with Gasteiger partial charge in [-0.3, -0.25) is 4.79 Å². The molecule has 0 spiro atoms. The van der Waals surface area contributed by atoms with Crippen LogP contribution in [0.4, 0.5) is 0 Å². The van der Waals surface area contributed by atoms with Gasteiger partial charge in [-0.15, -0.1) is 0 Å². The Hall–Kier alpha value is -0.430. The Morgan fingerprint density at radius 1 is 1.16 bits per heavy atom. The van der Waals surface area contributed by atoms with Crippen LogP contribution in [0, 0.1) is 0 Å².